The van der Waals surface area contributed by atoms with E-state index in [4.69, 9.17) is 16.4 Å². The zero-order valence-electron chi connectivity index (χ0n) is 13.8. The lowest BCUT2D eigenvalue weighted by Crippen LogP contribution is -2.32. The maximum absolute atomic E-state index is 12.9. The number of pyridine rings is 1. The van der Waals surface area contributed by atoms with Gasteiger partial charge in [-0.2, -0.15) is 5.10 Å². The summed E-state index contributed by atoms with van der Waals surface area (Å²) in [5, 5.41) is 10.4. The van der Waals surface area contributed by atoms with Gasteiger partial charge < -0.3 is 10.2 Å². The van der Waals surface area contributed by atoms with Crippen molar-refractivity contribution >= 4 is 39.1 Å². The number of nitrogens with one attached hydrogen (secondary N) is 1. The van der Waals surface area contributed by atoms with Gasteiger partial charge in [-0.15, -0.1) is 0 Å². The zero-order valence-corrected chi connectivity index (χ0v) is 16.2. The second-order valence-electron chi connectivity index (χ2n) is 5.17. The van der Waals surface area contributed by atoms with E-state index in [0.29, 0.717) is 20.9 Å². The van der Waals surface area contributed by atoms with Crippen LogP contribution in [0.4, 0.5) is 8.78 Å². The lowest BCUT2D eigenvalue weighted by molar-refractivity contribution is -0.120. The smallest absolute Gasteiger partial charge is 0.282 e. The number of amides is 1. The van der Waals surface area contributed by atoms with Gasteiger partial charge in [0.25, 0.3) is 6.43 Å². The molecule has 1 amide bonds. The van der Waals surface area contributed by atoms with Crippen LogP contribution in [0.1, 0.15) is 23.4 Å². The Morgan fingerprint density at radius 3 is 2.88 bits per heavy atom. The zero-order chi connectivity index (χ0) is 19.3. The highest BCUT2D eigenvalue weighted by Crippen LogP contribution is 2.21. The second-order valence-corrected chi connectivity index (χ2v) is 6.49. The van der Waals surface area contributed by atoms with Crippen LogP contribution in [0.15, 0.2) is 28.1 Å². The number of carbonyl (C=O) groups excluding carboxylic acids is 1. The molecule has 26 heavy (non-hydrogen) atoms. The fourth-order valence-corrected chi connectivity index (χ4v) is 2.93. The summed E-state index contributed by atoms with van der Waals surface area (Å²) >= 11 is 9.37. The Balaban J connectivity index is 2.08. The first kappa shape index (κ1) is 20.2. The SMILES string of the molecule is CON=C(CNC(=O)Cc1cn(C)nc1C(F)F)c1ncc(Br)cc1Cl. The number of alkyl halides is 2. The van der Waals surface area contributed by atoms with Crippen LogP contribution in [-0.4, -0.2) is 40.0 Å². The van der Waals surface area contributed by atoms with E-state index >= 15 is 0 Å². The molecule has 0 saturated heterocycles. The topological polar surface area (TPSA) is 81.4 Å². The van der Waals surface area contributed by atoms with Gasteiger partial charge in [0.2, 0.25) is 5.91 Å². The number of hydrogen-bond acceptors (Lipinski definition) is 5. The van der Waals surface area contributed by atoms with Crippen LogP contribution in [0.25, 0.3) is 0 Å². The van der Waals surface area contributed by atoms with Crippen LogP contribution in [0, 0.1) is 0 Å². The van der Waals surface area contributed by atoms with Crippen LogP contribution >= 0.6 is 27.5 Å². The Bertz CT molecular complexity index is 828. The van der Waals surface area contributed by atoms with Gasteiger partial charge in [0.1, 0.15) is 24.2 Å². The number of hydrogen-bond donors (Lipinski definition) is 1. The van der Waals surface area contributed by atoms with E-state index < -0.39 is 18.0 Å². The van der Waals surface area contributed by atoms with Crippen molar-refractivity contribution in [3.05, 3.63) is 44.9 Å². The standard InChI is InChI=1S/C15H15BrClF2N5O2/c1-24-7-8(13(22-24)15(18)19)3-12(25)20-6-11(23-26-2)14-10(17)4-9(16)5-21-14/h4-5,7,15H,3,6H2,1-2H3,(H,20,25). The molecule has 0 aliphatic carbocycles. The molecular weight excluding hydrogens is 436 g/mol. The summed E-state index contributed by atoms with van der Waals surface area (Å²) in [5.74, 6) is -0.475. The van der Waals surface area contributed by atoms with Crippen molar-refractivity contribution in [2.45, 2.75) is 12.8 Å². The summed E-state index contributed by atoms with van der Waals surface area (Å²) in [4.78, 5) is 21.0. The van der Waals surface area contributed by atoms with Crippen LogP contribution in [0.5, 0.6) is 0 Å². The van der Waals surface area contributed by atoms with Crippen LogP contribution in [0.3, 0.4) is 0 Å². The summed E-state index contributed by atoms with van der Waals surface area (Å²) in [5.41, 5.74) is 0.376. The molecule has 0 atom stereocenters. The van der Waals surface area contributed by atoms with Crippen molar-refractivity contribution < 1.29 is 18.4 Å². The second kappa shape index (κ2) is 9.04. The molecule has 0 spiro atoms. The van der Waals surface area contributed by atoms with E-state index in [1.807, 2.05) is 0 Å². The van der Waals surface area contributed by atoms with Crippen molar-refractivity contribution in [2.75, 3.05) is 13.7 Å². The number of aryl methyl sites for hydroxylation is 1. The predicted molar refractivity (Wildman–Crippen MR) is 95.4 cm³/mol. The molecule has 0 bridgehead atoms. The summed E-state index contributed by atoms with van der Waals surface area (Å²) in [6.07, 6.45) is -0.0812. The van der Waals surface area contributed by atoms with E-state index in [0.717, 1.165) is 0 Å². The molecule has 2 aromatic rings. The van der Waals surface area contributed by atoms with Gasteiger partial charge >= 0.3 is 0 Å². The van der Waals surface area contributed by atoms with Crippen molar-refractivity contribution in [3.63, 3.8) is 0 Å². The van der Waals surface area contributed by atoms with Crippen LogP contribution in [-0.2, 0) is 23.1 Å². The van der Waals surface area contributed by atoms with Gasteiger partial charge in [-0.05, 0) is 22.0 Å². The number of rotatable bonds is 7. The van der Waals surface area contributed by atoms with E-state index in [-0.39, 0.29) is 18.5 Å². The molecule has 0 saturated carbocycles. The molecule has 0 aliphatic heterocycles. The molecule has 7 nitrogen and oxygen atoms in total. The molecule has 2 rings (SSSR count). The lowest BCUT2D eigenvalue weighted by Gasteiger charge is -2.09. The highest BCUT2D eigenvalue weighted by molar-refractivity contribution is 9.10. The summed E-state index contributed by atoms with van der Waals surface area (Å²) in [6, 6.07) is 1.63. The van der Waals surface area contributed by atoms with Gasteiger partial charge in [-0.3, -0.25) is 14.5 Å². The Morgan fingerprint density at radius 1 is 1.54 bits per heavy atom. The maximum Gasteiger partial charge on any atom is 0.282 e. The number of aromatic nitrogens is 3. The quantitative estimate of drug-likeness (QED) is 0.519. The number of nitrogens with zero attached hydrogens (tertiary/aromatic N) is 4. The van der Waals surface area contributed by atoms with E-state index in [2.05, 4.69) is 36.5 Å². The summed E-state index contributed by atoms with van der Waals surface area (Å²) < 4.78 is 27.8. The number of carbonyl (C=O) groups is 1. The first-order valence-corrected chi connectivity index (χ1v) is 8.47. The molecule has 2 aromatic heterocycles. The molecule has 1 N–H and O–H groups in total. The molecule has 0 fully saturated rings. The minimum Gasteiger partial charge on any atom is -0.399 e. The van der Waals surface area contributed by atoms with Crippen molar-refractivity contribution in [3.8, 4) is 0 Å². The Morgan fingerprint density at radius 2 is 2.27 bits per heavy atom. The Kier molecular flexibility index (Phi) is 7.04. The third-order valence-electron chi connectivity index (χ3n) is 3.23. The molecule has 0 aromatic carbocycles. The third kappa shape index (κ3) is 5.21. The van der Waals surface area contributed by atoms with E-state index in [9.17, 15) is 13.6 Å². The molecule has 2 heterocycles. The first-order valence-electron chi connectivity index (χ1n) is 7.30. The van der Waals surface area contributed by atoms with Gasteiger partial charge in [0.05, 0.1) is 18.0 Å². The molecule has 11 heteroatoms. The molecule has 0 radical (unpaired) electrons. The van der Waals surface area contributed by atoms with Crippen molar-refractivity contribution in [1.29, 1.82) is 0 Å². The minimum atomic E-state index is -2.75. The third-order valence-corrected chi connectivity index (χ3v) is 3.95. The minimum absolute atomic E-state index is 0.0364. The molecule has 0 aliphatic rings. The van der Waals surface area contributed by atoms with Gasteiger partial charge in [-0.1, -0.05) is 16.8 Å². The largest absolute Gasteiger partial charge is 0.399 e. The monoisotopic (exact) mass is 449 g/mol. The fraction of sp³-hybridized carbons (Fsp3) is 0.333. The van der Waals surface area contributed by atoms with Gasteiger partial charge in [-0.25, -0.2) is 8.78 Å². The van der Waals surface area contributed by atoms with Crippen molar-refractivity contribution in [2.24, 2.45) is 12.2 Å². The average molecular weight is 451 g/mol. The van der Waals surface area contributed by atoms with Crippen molar-refractivity contribution in [1.82, 2.24) is 20.1 Å². The highest BCUT2D eigenvalue weighted by Gasteiger charge is 2.20. The average Bonchev–Trinajstić information content (AvgIpc) is 2.92. The van der Waals surface area contributed by atoms with Gasteiger partial charge in [0, 0.05) is 29.5 Å². The van der Waals surface area contributed by atoms with E-state index in [1.165, 1.54) is 31.2 Å². The summed E-state index contributed by atoms with van der Waals surface area (Å²) in [7, 11) is 2.86. The number of oxime groups is 1. The Labute approximate surface area is 161 Å². The highest BCUT2D eigenvalue weighted by atomic mass is 79.9. The molecular formula is C15H15BrClF2N5O2. The summed E-state index contributed by atoms with van der Waals surface area (Å²) in [6.45, 7) is -0.0364. The van der Waals surface area contributed by atoms with E-state index in [1.54, 1.807) is 6.07 Å². The fourth-order valence-electron chi connectivity index (χ4n) is 2.19. The predicted octanol–water partition coefficient (Wildman–Crippen LogP) is 2.88. The number of halogens is 4. The van der Waals surface area contributed by atoms with Gasteiger partial charge in [0.15, 0.2) is 0 Å². The normalized spacial score (nSPS) is 11.7. The maximum atomic E-state index is 12.9. The Hall–Kier alpha value is -2.07. The first-order chi connectivity index (χ1) is 12.3. The lowest BCUT2D eigenvalue weighted by atomic mass is 10.1. The van der Waals surface area contributed by atoms with Crippen LogP contribution < -0.4 is 5.32 Å². The molecule has 0 unspecified atom stereocenters. The molecule has 140 valence electrons. The van der Waals surface area contributed by atoms with Crippen LogP contribution in [0.2, 0.25) is 5.02 Å².